The Labute approximate surface area is 97.9 Å². The van der Waals surface area contributed by atoms with Crippen LogP contribution < -0.4 is 9.64 Å². The number of nitrogens with zero attached hydrogens (tertiary/aromatic N) is 2. The molecule has 1 aliphatic heterocycles. The van der Waals surface area contributed by atoms with Crippen LogP contribution in [0, 0.1) is 10.1 Å². The molecule has 1 aromatic carbocycles. The molecule has 1 heterocycles. The number of rotatable bonds is 2. The molecule has 0 fully saturated rings. The van der Waals surface area contributed by atoms with Gasteiger partial charge in [-0.25, -0.2) is 0 Å². The fourth-order valence-electron chi connectivity index (χ4n) is 1.84. The number of nitro groups is 1. The molecule has 1 amide bonds. The first-order valence-corrected chi connectivity index (χ1v) is 5.31. The molecule has 0 aromatic heterocycles. The summed E-state index contributed by atoms with van der Waals surface area (Å²) < 4.78 is 5.37. The van der Waals surface area contributed by atoms with E-state index in [-0.39, 0.29) is 11.6 Å². The quantitative estimate of drug-likeness (QED) is 0.579. The number of fused-ring (bicyclic) bond motifs is 1. The van der Waals surface area contributed by atoms with Gasteiger partial charge in [0.15, 0.2) is 11.9 Å². The highest BCUT2D eigenvalue weighted by atomic mass is 16.6. The van der Waals surface area contributed by atoms with E-state index in [1.165, 1.54) is 12.1 Å². The second-order valence-electron chi connectivity index (χ2n) is 3.75. The average molecular weight is 236 g/mol. The Kier molecular flexibility index (Phi) is 2.71. The van der Waals surface area contributed by atoms with E-state index in [1.807, 2.05) is 6.92 Å². The maximum absolute atomic E-state index is 11.8. The number of carbonyl (C=O) groups is 1. The van der Waals surface area contributed by atoms with E-state index in [9.17, 15) is 14.9 Å². The van der Waals surface area contributed by atoms with E-state index in [1.54, 1.807) is 17.9 Å². The lowest BCUT2D eigenvalue weighted by molar-refractivity contribution is -0.384. The largest absolute Gasteiger partial charge is 0.478 e. The number of non-ortho nitro benzene ring substituents is 1. The van der Waals surface area contributed by atoms with Gasteiger partial charge in [-0.15, -0.1) is 0 Å². The molecule has 0 aliphatic carbocycles. The number of carbonyl (C=O) groups excluding carboxylic acids is 1. The van der Waals surface area contributed by atoms with Crippen LogP contribution in [0.1, 0.15) is 13.8 Å². The van der Waals surface area contributed by atoms with E-state index in [0.717, 1.165) is 0 Å². The summed E-state index contributed by atoms with van der Waals surface area (Å²) in [5.41, 5.74) is 0.544. The molecule has 6 nitrogen and oxygen atoms in total. The molecule has 1 unspecified atom stereocenters. The fourth-order valence-corrected chi connectivity index (χ4v) is 1.84. The summed E-state index contributed by atoms with van der Waals surface area (Å²) in [6.45, 7) is 3.99. The molecule has 1 atom stereocenters. The second kappa shape index (κ2) is 4.04. The summed E-state index contributed by atoms with van der Waals surface area (Å²) in [5, 5.41) is 10.7. The van der Waals surface area contributed by atoms with E-state index in [2.05, 4.69) is 0 Å². The van der Waals surface area contributed by atoms with Crippen LogP contribution in [0.15, 0.2) is 18.2 Å². The van der Waals surface area contributed by atoms with Gasteiger partial charge in [0.05, 0.1) is 16.7 Å². The third kappa shape index (κ3) is 1.82. The summed E-state index contributed by atoms with van der Waals surface area (Å²) in [4.78, 5) is 23.5. The van der Waals surface area contributed by atoms with Crippen LogP contribution in [0.5, 0.6) is 5.75 Å². The molecule has 1 aromatic rings. The highest BCUT2D eigenvalue weighted by Gasteiger charge is 2.31. The van der Waals surface area contributed by atoms with Crippen molar-refractivity contribution in [1.82, 2.24) is 0 Å². The minimum Gasteiger partial charge on any atom is -0.478 e. The normalized spacial score (nSPS) is 18.6. The Hall–Kier alpha value is -2.11. The third-order valence-corrected chi connectivity index (χ3v) is 2.68. The van der Waals surface area contributed by atoms with Crippen LogP contribution >= 0.6 is 0 Å². The summed E-state index contributed by atoms with van der Waals surface area (Å²) in [7, 11) is 0. The van der Waals surface area contributed by atoms with E-state index in [0.29, 0.717) is 18.0 Å². The van der Waals surface area contributed by atoms with Crippen molar-refractivity contribution in [2.45, 2.75) is 20.0 Å². The second-order valence-corrected chi connectivity index (χ2v) is 3.75. The molecule has 0 N–H and O–H groups in total. The topological polar surface area (TPSA) is 72.7 Å². The summed E-state index contributed by atoms with van der Waals surface area (Å²) in [5.74, 6) is 0.252. The monoisotopic (exact) mass is 236 g/mol. The smallest absolute Gasteiger partial charge is 0.273 e. The van der Waals surface area contributed by atoms with Gasteiger partial charge >= 0.3 is 0 Å². The first-order valence-electron chi connectivity index (χ1n) is 5.31. The molecule has 90 valence electrons. The highest BCUT2D eigenvalue weighted by Crippen LogP contribution is 2.36. The maximum atomic E-state index is 11.8. The zero-order chi connectivity index (χ0) is 12.6. The van der Waals surface area contributed by atoms with Crippen molar-refractivity contribution in [2.75, 3.05) is 11.4 Å². The van der Waals surface area contributed by atoms with Gasteiger partial charge in [0.25, 0.3) is 11.6 Å². The number of ether oxygens (including phenoxy) is 1. The minimum atomic E-state index is -0.607. The fraction of sp³-hybridized carbons (Fsp3) is 0.364. The number of likely N-dealkylation sites (N-methyl/N-ethyl adjacent to an activating group) is 1. The standard InChI is InChI=1S/C11H12N2O4/c1-3-12-9-5-4-8(13(15)16)6-10(9)17-7(2)11(12)14/h4-7H,3H2,1-2H3. The van der Waals surface area contributed by atoms with Gasteiger partial charge in [0.1, 0.15) is 0 Å². The van der Waals surface area contributed by atoms with Crippen molar-refractivity contribution in [3.05, 3.63) is 28.3 Å². The minimum absolute atomic E-state index is 0.0404. The third-order valence-electron chi connectivity index (χ3n) is 2.68. The molecule has 0 spiro atoms. The highest BCUT2D eigenvalue weighted by molar-refractivity contribution is 5.99. The zero-order valence-corrected chi connectivity index (χ0v) is 9.54. The van der Waals surface area contributed by atoms with Gasteiger partial charge in [-0.05, 0) is 19.9 Å². The number of hydrogen-bond acceptors (Lipinski definition) is 4. The van der Waals surface area contributed by atoms with Gasteiger partial charge in [-0.3, -0.25) is 14.9 Å². The Morgan fingerprint density at radius 1 is 1.53 bits per heavy atom. The lowest BCUT2D eigenvalue weighted by Crippen LogP contribution is -2.44. The van der Waals surface area contributed by atoms with Crippen molar-refractivity contribution >= 4 is 17.3 Å². The van der Waals surface area contributed by atoms with Crippen molar-refractivity contribution in [3.8, 4) is 5.75 Å². The van der Waals surface area contributed by atoms with Crippen LogP contribution in [0.25, 0.3) is 0 Å². The number of anilines is 1. The van der Waals surface area contributed by atoms with E-state index in [4.69, 9.17) is 4.74 Å². The summed E-state index contributed by atoms with van der Waals surface area (Å²) in [6.07, 6.45) is -0.607. The van der Waals surface area contributed by atoms with Crippen LogP contribution in [-0.2, 0) is 4.79 Å². The zero-order valence-electron chi connectivity index (χ0n) is 9.54. The molecule has 17 heavy (non-hydrogen) atoms. The number of nitro benzene ring substituents is 1. The van der Waals surface area contributed by atoms with Gasteiger partial charge in [0, 0.05) is 12.6 Å². The van der Waals surface area contributed by atoms with Gasteiger partial charge in [-0.2, -0.15) is 0 Å². The Morgan fingerprint density at radius 3 is 2.82 bits per heavy atom. The molecule has 1 aliphatic rings. The number of amides is 1. The van der Waals surface area contributed by atoms with Crippen LogP contribution in [0.4, 0.5) is 11.4 Å². The van der Waals surface area contributed by atoms with Crippen LogP contribution in [0.2, 0.25) is 0 Å². The predicted molar refractivity (Wildman–Crippen MR) is 61.2 cm³/mol. The van der Waals surface area contributed by atoms with E-state index >= 15 is 0 Å². The molecular weight excluding hydrogens is 224 g/mol. The maximum Gasteiger partial charge on any atom is 0.273 e. The first kappa shape index (κ1) is 11.4. The molecule has 6 heteroatoms. The lowest BCUT2D eigenvalue weighted by Gasteiger charge is -2.31. The molecule has 0 bridgehead atoms. The molecular formula is C11H12N2O4. The molecule has 0 radical (unpaired) electrons. The summed E-state index contributed by atoms with van der Waals surface area (Å²) in [6, 6.07) is 4.26. The van der Waals surface area contributed by atoms with E-state index < -0.39 is 11.0 Å². The van der Waals surface area contributed by atoms with Crippen LogP contribution in [0.3, 0.4) is 0 Å². The molecule has 2 rings (SSSR count). The summed E-state index contributed by atoms with van der Waals surface area (Å²) >= 11 is 0. The van der Waals surface area contributed by atoms with Gasteiger partial charge in [0.2, 0.25) is 0 Å². The lowest BCUT2D eigenvalue weighted by atomic mass is 10.1. The molecule has 0 saturated carbocycles. The van der Waals surface area contributed by atoms with Crippen LogP contribution in [-0.4, -0.2) is 23.5 Å². The SMILES string of the molecule is CCN1C(=O)C(C)Oc2cc([N+](=O)[O-])ccc21. The van der Waals surface area contributed by atoms with Crippen molar-refractivity contribution < 1.29 is 14.5 Å². The number of hydrogen-bond donors (Lipinski definition) is 0. The predicted octanol–water partition coefficient (Wildman–Crippen LogP) is 1.73. The van der Waals surface area contributed by atoms with Crippen molar-refractivity contribution in [2.24, 2.45) is 0 Å². The van der Waals surface area contributed by atoms with Crippen molar-refractivity contribution in [3.63, 3.8) is 0 Å². The number of benzene rings is 1. The average Bonchev–Trinajstić information content (AvgIpc) is 2.30. The van der Waals surface area contributed by atoms with Gasteiger partial charge in [-0.1, -0.05) is 0 Å². The Balaban J connectivity index is 2.49. The Morgan fingerprint density at radius 2 is 2.24 bits per heavy atom. The Bertz CT molecular complexity index is 486. The van der Waals surface area contributed by atoms with Crippen molar-refractivity contribution in [1.29, 1.82) is 0 Å². The van der Waals surface area contributed by atoms with Gasteiger partial charge < -0.3 is 9.64 Å². The molecule has 0 saturated heterocycles. The first-order chi connectivity index (χ1) is 8.04.